The molecular formula is C21H25NO4. The van der Waals surface area contributed by atoms with Crippen LogP contribution in [0, 0.1) is 0 Å². The number of nitrogens with one attached hydrogen (secondary N) is 1. The molecule has 1 amide bonds. The fourth-order valence-electron chi connectivity index (χ4n) is 2.72. The van der Waals surface area contributed by atoms with Crippen molar-refractivity contribution >= 4 is 5.91 Å². The van der Waals surface area contributed by atoms with E-state index >= 15 is 0 Å². The molecule has 0 unspecified atom stereocenters. The van der Waals surface area contributed by atoms with E-state index in [1.54, 1.807) is 0 Å². The molecule has 0 aliphatic carbocycles. The van der Waals surface area contributed by atoms with E-state index in [2.05, 4.69) is 12.2 Å². The average molecular weight is 355 g/mol. The van der Waals surface area contributed by atoms with Gasteiger partial charge < -0.3 is 19.5 Å². The lowest BCUT2D eigenvalue weighted by molar-refractivity contribution is -0.121. The fraction of sp³-hybridized carbons (Fsp3) is 0.381. The van der Waals surface area contributed by atoms with E-state index in [-0.39, 0.29) is 12.7 Å². The van der Waals surface area contributed by atoms with Crippen molar-refractivity contribution in [1.29, 1.82) is 0 Å². The highest BCUT2D eigenvalue weighted by Gasteiger charge is 2.13. The molecule has 26 heavy (non-hydrogen) atoms. The summed E-state index contributed by atoms with van der Waals surface area (Å²) in [5.74, 6) is 2.40. The zero-order valence-electron chi connectivity index (χ0n) is 15.1. The highest BCUT2D eigenvalue weighted by atomic mass is 16.7. The standard InChI is InChI=1S/C21H25NO4/c1-2-3-11-24-18-6-4-5-17(12-18)14-22-21(23)10-8-16-7-9-19-20(13-16)26-15-25-19/h4-7,9,12-13H,2-3,8,10-11,14-15H2,1H3,(H,22,23). The summed E-state index contributed by atoms with van der Waals surface area (Å²) < 4.78 is 16.4. The number of fused-ring (bicyclic) bond motifs is 1. The molecular weight excluding hydrogens is 330 g/mol. The lowest BCUT2D eigenvalue weighted by atomic mass is 10.1. The minimum atomic E-state index is 0.0278. The number of hydrogen-bond acceptors (Lipinski definition) is 4. The first-order chi connectivity index (χ1) is 12.7. The van der Waals surface area contributed by atoms with Crippen LogP contribution in [-0.2, 0) is 17.8 Å². The SMILES string of the molecule is CCCCOc1cccc(CNC(=O)CCc2ccc3c(c2)OCO3)c1. The molecule has 0 saturated heterocycles. The third-order valence-corrected chi connectivity index (χ3v) is 4.23. The van der Waals surface area contributed by atoms with E-state index in [0.29, 0.717) is 19.4 Å². The molecule has 0 bridgehead atoms. The van der Waals surface area contributed by atoms with Crippen molar-refractivity contribution in [2.75, 3.05) is 13.4 Å². The van der Waals surface area contributed by atoms with E-state index in [0.717, 1.165) is 47.8 Å². The molecule has 1 N–H and O–H groups in total. The predicted molar refractivity (Wildman–Crippen MR) is 99.6 cm³/mol. The molecule has 0 fully saturated rings. The van der Waals surface area contributed by atoms with Gasteiger partial charge >= 0.3 is 0 Å². The van der Waals surface area contributed by atoms with Crippen LogP contribution in [0.3, 0.4) is 0 Å². The quantitative estimate of drug-likeness (QED) is 0.694. The normalized spacial score (nSPS) is 12.0. The fourth-order valence-corrected chi connectivity index (χ4v) is 2.72. The largest absolute Gasteiger partial charge is 0.494 e. The molecule has 0 spiro atoms. The number of rotatable bonds is 9. The highest BCUT2D eigenvalue weighted by molar-refractivity contribution is 5.76. The van der Waals surface area contributed by atoms with Crippen LogP contribution in [0.25, 0.3) is 0 Å². The van der Waals surface area contributed by atoms with Crippen molar-refractivity contribution in [1.82, 2.24) is 5.32 Å². The smallest absolute Gasteiger partial charge is 0.231 e. The van der Waals surface area contributed by atoms with Gasteiger partial charge in [0, 0.05) is 13.0 Å². The predicted octanol–water partition coefficient (Wildman–Crippen LogP) is 3.84. The van der Waals surface area contributed by atoms with Gasteiger partial charge in [0.05, 0.1) is 6.61 Å². The van der Waals surface area contributed by atoms with Crippen LogP contribution in [0.2, 0.25) is 0 Å². The Bertz CT molecular complexity index is 745. The molecule has 1 aliphatic rings. The number of carbonyl (C=O) groups excluding carboxylic acids is 1. The summed E-state index contributed by atoms with van der Waals surface area (Å²) in [6, 6.07) is 13.7. The number of hydrogen-bond donors (Lipinski definition) is 1. The Balaban J connectivity index is 1.43. The topological polar surface area (TPSA) is 56.8 Å². The Labute approximate surface area is 154 Å². The zero-order chi connectivity index (χ0) is 18.2. The van der Waals surface area contributed by atoms with Gasteiger partial charge in [-0.25, -0.2) is 0 Å². The van der Waals surface area contributed by atoms with Gasteiger partial charge in [0.25, 0.3) is 0 Å². The number of unbranched alkanes of at least 4 members (excludes halogenated alkanes) is 1. The van der Waals surface area contributed by atoms with Gasteiger partial charge in [0.1, 0.15) is 5.75 Å². The Morgan fingerprint density at radius 3 is 2.88 bits per heavy atom. The highest BCUT2D eigenvalue weighted by Crippen LogP contribution is 2.32. The van der Waals surface area contributed by atoms with Crippen LogP contribution in [0.5, 0.6) is 17.2 Å². The van der Waals surface area contributed by atoms with Crippen LogP contribution in [-0.4, -0.2) is 19.3 Å². The van der Waals surface area contributed by atoms with Gasteiger partial charge in [-0.2, -0.15) is 0 Å². The lowest BCUT2D eigenvalue weighted by Crippen LogP contribution is -2.23. The van der Waals surface area contributed by atoms with Gasteiger partial charge in [0.15, 0.2) is 11.5 Å². The van der Waals surface area contributed by atoms with Gasteiger partial charge in [-0.1, -0.05) is 31.5 Å². The van der Waals surface area contributed by atoms with Crippen LogP contribution in [0.1, 0.15) is 37.3 Å². The second-order valence-electron chi connectivity index (χ2n) is 6.31. The number of amides is 1. The lowest BCUT2D eigenvalue weighted by Gasteiger charge is -2.09. The second-order valence-corrected chi connectivity index (χ2v) is 6.31. The Kier molecular flexibility index (Phi) is 6.36. The van der Waals surface area contributed by atoms with Crippen molar-refractivity contribution in [3.63, 3.8) is 0 Å². The van der Waals surface area contributed by atoms with Gasteiger partial charge in [-0.3, -0.25) is 4.79 Å². The number of ether oxygens (including phenoxy) is 3. The van der Waals surface area contributed by atoms with Crippen LogP contribution in [0.4, 0.5) is 0 Å². The van der Waals surface area contributed by atoms with Crippen molar-refractivity contribution in [2.24, 2.45) is 0 Å². The summed E-state index contributed by atoms with van der Waals surface area (Å²) in [5, 5.41) is 2.97. The van der Waals surface area contributed by atoms with Gasteiger partial charge in [-0.05, 0) is 48.2 Å². The first kappa shape index (κ1) is 18.1. The number of carbonyl (C=O) groups is 1. The molecule has 0 radical (unpaired) electrons. The van der Waals surface area contributed by atoms with Crippen LogP contribution in [0.15, 0.2) is 42.5 Å². The second kappa shape index (κ2) is 9.13. The average Bonchev–Trinajstić information content (AvgIpc) is 3.13. The first-order valence-electron chi connectivity index (χ1n) is 9.11. The third-order valence-electron chi connectivity index (χ3n) is 4.23. The summed E-state index contributed by atoms with van der Waals surface area (Å²) in [6.45, 7) is 3.63. The summed E-state index contributed by atoms with van der Waals surface area (Å²) in [5.41, 5.74) is 2.10. The molecule has 0 atom stereocenters. The Hall–Kier alpha value is -2.69. The van der Waals surface area contributed by atoms with Crippen LogP contribution >= 0.6 is 0 Å². The maximum absolute atomic E-state index is 12.1. The molecule has 2 aromatic carbocycles. The minimum Gasteiger partial charge on any atom is -0.494 e. The molecule has 5 nitrogen and oxygen atoms in total. The van der Waals surface area contributed by atoms with Crippen molar-refractivity contribution in [3.05, 3.63) is 53.6 Å². The molecule has 0 aromatic heterocycles. The van der Waals surface area contributed by atoms with Crippen LogP contribution < -0.4 is 19.5 Å². The summed E-state index contributed by atoms with van der Waals surface area (Å²) in [4.78, 5) is 12.1. The molecule has 5 heteroatoms. The number of benzene rings is 2. The van der Waals surface area contributed by atoms with E-state index in [1.165, 1.54) is 0 Å². The van der Waals surface area contributed by atoms with Crippen molar-refractivity contribution in [2.45, 2.75) is 39.2 Å². The summed E-state index contributed by atoms with van der Waals surface area (Å²) in [7, 11) is 0. The maximum Gasteiger partial charge on any atom is 0.231 e. The zero-order valence-corrected chi connectivity index (χ0v) is 15.1. The first-order valence-corrected chi connectivity index (χ1v) is 9.11. The van der Waals surface area contributed by atoms with Crippen molar-refractivity contribution in [3.8, 4) is 17.2 Å². The summed E-state index contributed by atoms with van der Waals surface area (Å²) >= 11 is 0. The monoisotopic (exact) mass is 355 g/mol. The molecule has 2 aromatic rings. The molecule has 3 rings (SSSR count). The Morgan fingerprint density at radius 2 is 2.00 bits per heavy atom. The number of aryl methyl sites for hydroxylation is 1. The maximum atomic E-state index is 12.1. The molecule has 138 valence electrons. The van der Waals surface area contributed by atoms with E-state index in [4.69, 9.17) is 14.2 Å². The Morgan fingerprint density at radius 1 is 1.12 bits per heavy atom. The van der Waals surface area contributed by atoms with E-state index in [1.807, 2.05) is 42.5 Å². The molecule has 1 heterocycles. The van der Waals surface area contributed by atoms with Gasteiger partial charge in [0.2, 0.25) is 12.7 Å². The van der Waals surface area contributed by atoms with E-state index < -0.39 is 0 Å². The van der Waals surface area contributed by atoms with E-state index in [9.17, 15) is 4.79 Å². The van der Waals surface area contributed by atoms with Crippen molar-refractivity contribution < 1.29 is 19.0 Å². The summed E-state index contributed by atoms with van der Waals surface area (Å²) in [6.07, 6.45) is 3.26. The third kappa shape index (κ3) is 5.15. The van der Waals surface area contributed by atoms with Gasteiger partial charge in [-0.15, -0.1) is 0 Å². The molecule has 1 aliphatic heterocycles. The molecule has 0 saturated carbocycles. The minimum absolute atomic E-state index is 0.0278.